The lowest BCUT2D eigenvalue weighted by molar-refractivity contribution is -0.128. The van der Waals surface area contributed by atoms with Crippen molar-refractivity contribution in [1.82, 2.24) is 9.80 Å². The fraction of sp³-hybridized carbons (Fsp3) is 0.214. The number of amides is 1. The van der Waals surface area contributed by atoms with Crippen molar-refractivity contribution in [3.05, 3.63) is 108 Å². The van der Waals surface area contributed by atoms with Crippen LogP contribution in [0.4, 0.5) is 5.69 Å². The molecule has 1 aliphatic rings. The minimum Gasteiger partial charge on any atom is -0.508 e. The van der Waals surface area contributed by atoms with Crippen molar-refractivity contribution in [3.8, 4) is 11.8 Å². The third kappa shape index (κ3) is 5.28. The molecule has 0 aliphatic carbocycles. The number of carbonyl (C=O) groups is 1. The minimum atomic E-state index is -0.260. The van der Waals surface area contributed by atoms with Crippen molar-refractivity contribution in [1.29, 1.82) is 5.26 Å². The number of piperazine rings is 1. The predicted molar refractivity (Wildman–Crippen MR) is 133 cm³/mol. The zero-order valence-electron chi connectivity index (χ0n) is 19.2. The van der Waals surface area contributed by atoms with Crippen molar-refractivity contribution in [2.45, 2.75) is 6.04 Å². The summed E-state index contributed by atoms with van der Waals surface area (Å²) in [7, 11) is 1.78. The van der Waals surface area contributed by atoms with Gasteiger partial charge in [-0.25, -0.2) is 0 Å². The van der Waals surface area contributed by atoms with Gasteiger partial charge in [0.15, 0.2) is 0 Å². The SMILES string of the molecule is CN(/C=C(/C#N)C(=O)N1CCN(C(c2ccccc2)c2ccccc2)CC1)c1ccc(O)cc1. The van der Waals surface area contributed by atoms with Gasteiger partial charge in [0, 0.05) is 45.1 Å². The van der Waals surface area contributed by atoms with Crippen molar-refractivity contribution < 1.29 is 9.90 Å². The first-order valence-corrected chi connectivity index (χ1v) is 11.3. The molecule has 0 spiro atoms. The third-order valence-electron chi connectivity index (χ3n) is 6.13. The zero-order valence-corrected chi connectivity index (χ0v) is 19.2. The Morgan fingerprint density at radius 1 is 0.912 bits per heavy atom. The molecule has 1 amide bonds. The lowest BCUT2D eigenvalue weighted by Crippen LogP contribution is -2.50. The normalized spacial score (nSPS) is 14.6. The smallest absolute Gasteiger partial charge is 0.266 e. The van der Waals surface area contributed by atoms with Crippen LogP contribution in [0.5, 0.6) is 5.75 Å². The average molecular weight is 453 g/mol. The van der Waals surface area contributed by atoms with E-state index in [-0.39, 0.29) is 23.3 Å². The van der Waals surface area contributed by atoms with E-state index < -0.39 is 0 Å². The van der Waals surface area contributed by atoms with Gasteiger partial charge in [-0.15, -0.1) is 0 Å². The molecule has 6 heteroatoms. The maximum atomic E-state index is 13.1. The lowest BCUT2D eigenvalue weighted by Gasteiger charge is -2.39. The summed E-state index contributed by atoms with van der Waals surface area (Å²) in [6.45, 7) is 2.54. The van der Waals surface area contributed by atoms with Crippen LogP contribution in [0.3, 0.4) is 0 Å². The van der Waals surface area contributed by atoms with Crippen LogP contribution in [0.15, 0.2) is 96.7 Å². The van der Waals surface area contributed by atoms with E-state index in [0.29, 0.717) is 26.2 Å². The molecule has 3 aromatic rings. The molecule has 0 aromatic heterocycles. The van der Waals surface area contributed by atoms with Gasteiger partial charge in [-0.3, -0.25) is 9.69 Å². The van der Waals surface area contributed by atoms with Gasteiger partial charge in [0.25, 0.3) is 5.91 Å². The Labute approximate surface area is 200 Å². The van der Waals surface area contributed by atoms with Crippen LogP contribution in [0, 0.1) is 11.3 Å². The van der Waals surface area contributed by atoms with Gasteiger partial charge >= 0.3 is 0 Å². The number of anilines is 1. The van der Waals surface area contributed by atoms with E-state index in [1.54, 1.807) is 47.3 Å². The van der Waals surface area contributed by atoms with Gasteiger partial charge in [0.2, 0.25) is 0 Å². The number of hydrogen-bond acceptors (Lipinski definition) is 5. The number of rotatable bonds is 6. The van der Waals surface area contributed by atoms with Crippen LogP contribution in [0.2, 0.25) is 0 Å². The largest absolute Gasteiger partial charge is 0.508 e. The summed E-state index contributed by atoms with van der Waals surface area (Å²) in [5.74, 6) is -0.0938. The molecule has 34 heavy (non-hydrogen) atoms. The molecule has 4 rings (SSSR count). The summed E-state index contributed by atoms with van der Waals surface area (Å²) in [6, 6.07) is 29.6. The Morgan fingerprint density at radius 3 is 1.94 bits per heavy atom. The Kier molecular flexibility index (Phi) is 7.26. The fourth-order valence-corrected chi connectivity index (χ4v) is 4.33. The Balaban J connectivity index is 1.47. The van der Waals surface area contributed by atoms with E-state index in [1.807, 2.05) is 12.1 Å². The highest BCUT2D eigenvalue weighted by Gasteiger charge is 2.29. The van der Waals surface area contributed by atoms with Crippen LogP contribution in [0.25, 0.3) is 0 Å². The van der Waals surface area contributed by atoms with E-state index in [4.69, 9.17) is 0 Å². The van der Waals surface area contributed by atoms with Crippen molar-refractivity contribution in [2.75, 3.05) is 38.1 Å². The highest BCUT2D eigenvalue weighted by atomic mass is 16.3. The second-order valence-electron chi connectivity index (χ2n) is 8.33. The van der Waals surface area contributed by atoms with Crippen molar-refractivity contribution in [2.24, 2.45) is 0 Å². The van der Waals surface area contributed by atoms with Crippen LogP contribution in [-0.2, 0) is 4.79 Å². The number of nitrogens with zero attached hydrogens (tertiary/aromatic N) is 4. The number of phenols is 1. The average Bonchev–Trinajstić information content (AvgIpc) is 2.89. The highest BCUT2D eigenvalue weighted by Crippen LogP contribution is 2.29. The van der Waals surface area contributed by atoms with E-state index in [9.17, 15) is 15.2 Å². The summed E-state index contributed by atoms with van der Waals surface area (Å²) in [5.41, 5.74) is 3.31. The van der Waals surface area contributed by atoms with Crippen molar-refractivity contribution >= 4 is 11.6 Å². The molecule has 0 radical (unpaired) electrons. The number of carbonyl (C=O) groups excluding carboxylic acids is 1. The second-order valence-corrected chi connectivity index (χ2v) is 8.33. The molecule has 1 heterocycles. The number of hydrogen-bond donors (Lipinski definition) is 1. The zero-order chi connectivity index (χ0) is 23.9. The monoisotopic (exact) mass is 452 g/mol. The summed E-state index contributed by atoms with van der Waals surface area (Å²) in [4.78, 5) is 19.0. The Morgan fingerprint density at radius 2 is 1.44 bits per heavy atom. The molecule has 6 nitrogen and oxygen atoms in total. The highest BCUT2D eigenvalue weighted by molar-refractivity contribution is 5.97. The van der Waals surface area contributed by atoms with E-state index in [1.165, 1.54) is 11.1 Å². The Bertz CT molecular complexity index is 1120. The predicted octanol–water partition coefficient (Wildman–Crippen LogP) is 4.17. The number of nitriles is 1. The molecule has 1 N–H and O–H groups in total. The topological polar surface area (TPSA) is 70.8 Å². The molecule has 1 saturated heterocycles. The lowest BCUT2D eigenvalue weighted by atomic mass is 9.96. The summed E-state index contributed by atoms with van der Waals surface area (Å²) < 4.78 is 0. The van der Waals surface area contributed by atoms with Gasteiger partial charge < -0.3 is 14.9 Å². The van der Waals surface area contributed by atoms with Gasteiger partial charge in [-0.05, 0) is 35.4 Å². The number of aromatic hydroxyl groups is 1. The molecule has 0 bridgehead atoms. The van der Waals surface area contributed by atoms with Crippen molar-refractivity contribution in [3.63, 3.8) is 0 Å². The van der Waals surface area contributed by atoms with Crippen LogP contribution < -0.4 is 4.90 Å². The van der Waals surface area contributed by atoms with Crippen LogP contribution >= 0.6 is 0 Å². The summed E-state index contributed by atoms with van der Waals surface area (Å²) >= 11 is 0. The molecule has 172 valence electrons. The number of phenolic OH excluding ortho intramolecular Hbond substituents is 1. The van der Waals surface area contributed by atoms with Gasteiger partial charge in [-0.1, -0.05) is 60.7 Å². The first-order valence-electron chi connectivity index (χ1n) is 11.3. The summed E-state index contributed by atoms with van der Waals surface area (Å²) in [5, 5.41) is 19.1. The van der Waals surface area contributed by atoms with Crippen LogP contribution in [-0.4, -0.2) is 54.0 Å². The van der Waals surface area contributed by atoms with E-state index in [2.05, 4.69) is 59.5 Å². The molecule has 0 saturated carbocycles. The molecule has 0 unspecified atom stereocenters. The second kappa shape index (κ2) is 10.7. The van der Waals surface area contributed by atoms with E-state index in [0.717, 1.165) is 5.69 Å². The first kappa shape index (κ1) is 23.1. The molecule has 1 aliphatic heterocycles. The van der Waals surface area contributed by atoms with Gasteiger partial charge in [0.1, 0.15) is 17.4 Å². The quantitative estimate of drug-likeness (QED) is 0.449. The standard InChI is InChI=1S/C28H28N4O2/c1-30(25-12-14-26(33)15-13-25)21-24(20-29)28(34)32-18-16-31(17-19-32)27(22-8-4-2-5-9-22)23-10-6-3-7-11-23/h2-15,21,27,33H,16-19H2,1H3/b24-21-. The molecular formula is C28H28N4O2. The first-order chi connectivity index (χ1) is 16.6. The summed E-state index contributed by atoms with van der Waals surface area (Å²) in [6.07, 6.45) is 1.55. The minimum absolute atomic E-state index is 0.0895. The molecular weight excluding hydrogens is 424 g/mol. The fourth-order valence-electron chi connectivity index (χ4n) is 4.33. The maximum Gasteiger partial charge on any atom is 0.266 e. The molecule has 1 fully saturated rings. The number of benzene rings is 3. The maximum absolute atomic E-state index is 13.1. The van der Waals surface area contributed by atoms with Gasteiger partial charge in [0.05, 0.1) is 6.04 Å². The Hall–Kier alpha value is -4.08. The van der Waals surface area contributed by atoms with Crippen LogP contribution in [0.1, 0.15) is 17.2 Å². The molecule has 3 aromatic carbocycles. The molecule has 0 atom stereocenters. The van der Waals surface area contributed by atoms with Gasteiger partial charge in [-0.2, -0.15) is 5.26 Å². The van der Waals surface area contributed by atoms with E-state index >= 15 is 0 Å². The third-order valence-corrected chi connectivity index (χ3v) is 6.13.